The Bertz CT molecular complexity index is 766. The van der Waals surface area contributed by atoms with E-state index in [0.29, 0.717) is 24.1 Å². The number of hydrogen-bond acceptors (Lipinski definition) is 3. The Morgan fingerprint density at radius 1 is 1.00 bits per heavy atom. The molecule has 0 saturated carbocycles. The molecule has 0 radical (unpaired) electrons. The zero-order chi connectivity index (χ0) is 16.9. The minimum Gasteiger partial charge on any atom is -0.326 e. The van der Waals surface area contributed by atoms with Crippen molar-refractivity contribution in [2.45, 2.75) is 25.5 Å². The molecule has 0 heterocycles. The van der Waals surface area contributed by atoms with Gasteiger partial charge in [-0.3, -0.25) is 4.79 Å². The summed E-state index contributed by atoms with van der Waals surface area (Å²) in [5, 5.41) is 7.79. The number of primary sulfonamides is 1. The molecule has 2 rings (SSSR count). The summed E-state index contributed by atoms with van der Waals surface area (Å²) in [5.41, 5.74) is 3.54. The Morgan fingerprint density at radius 2 is 1.57 bits per heavy atom. The molecule has 6 heteroatoms. The van der Waals surface area contributed by atoms with Gasteiger partial charge in [0.2, 0.25) is 15.9 Å². The fourth-order valence-corrected chi connectivity index (χ4v) is 2.81. The Hall–Kier alpha value is -2.18. The van der Waals surface area contributed by atoms with Gasteiger partial charge in [0.15, 0.2) is 0 Å². The van der Waals surface area contributed by atoms with E-state index in [1.165, 1.54) is 5.56 Å². The molecule has 0 spiro atoms. The number of carbonyl (C=O) groups excluding carboxylic acids is 1. The minimum atomic E-state index is -3.54. The van der Waals surface area contributed by atoms with Crippen molar-refractivity contribution in [2.24, 2.45) is 5.14 Å². The molecule has 2 aromatic rings. The number of benzene rings is 2. The van der Waals surface area contributed by atoms with Crippen LogP contribution >= 0.6 is 0 Å². The van der Waals surface area contributed by atoms with E-state index in [-0.39, 0.29) is 11.7 Å². The maximum Gasteiger partial charge on any atom is 0.224 e. The standard InChI is InChI=1S/C17H20N2O3S/c1-13-2-4-14(5-3-13)8-11-17(20)19-16-9-6-15(7-10-16)12-23(18,21)22/h2-7,9-10H,8,11-12H2,1H3,(H,19,20)(H2,18,21,22). The maximum absolute atomic E-state index is 11.9. The van der Waals surface area contributed by atoms with Gasteiger partial charge in [0.05, 0.1) is 5.75 Å². The van der Waals surface area contributed by atoms with Crippen LogP contribution in [0.5, 0.6) is 0 Å². The second-order valence-corrected chi connectivity index (χ2v) is 7.15. The number of anilines is 1. The van der Waals surface area contributed by atoms with Crippen molar-refractivity contribution < 1.29 is 13.2 Å². The van der Waals surface area contributed by atoms with Gasteiger partial charge in [-0.25, -0.2) is 13.6 Å². The van der Waals surface area contributed by atoms with Gasteiger partial charge in [-0.15, -0.1) is 0 Å². The first-order valence-corrected chi connectivity index (χ1v) is 8.98. The van der Waals surface area contributed by atoms with E-state index in [1.807, 2.05) is 31.2 Å². The number of sulfonamides is 1. The van der Waals surface area contributed by atoms with Gasteiger partial charge in [0.1, 0.15) is 0 Å². The maximum atomic E-state index is 11.9. The van der Waals surface area contributed by atoms with Crippen molar-refractivity contribution in [1.29, 1.82) is 0 Å². The lowest BCUT2D eigenvalue weighted by atomic mass is 10.1. The van der Waals surface area contributed by atoms with E-state index >= 15 is 0 Å². The minimum absolute atomic E-state index is 0.0789. The second-order valence-electron chi connectivity index (χ2n) is 5.54. The van der Waals surface area contributed by atoms with E-state index in [2.05, 4.69) is 5.32 Å². The normalized spacial score (nSPS) is 11.2. The average Bonchev–Trinajstić information content (AvgIpc) is 2.47. The Labute approximate surface area is 136 Å². The lowest BCUT2D eigenvalue weighted by Crippen LogP contribution is -2.15. The van der Waals surface area contributed by atoms with Crippen LogP contribution in [0.4, 0.5) is 5.69 Å². The van der Waals surface area contributed by atoms with Crippen LogP contribution in [0.2, 0.25) is 0 Å². The van der Waals surface area contributed by atoms with E-state index in [1.54, 1.807) is 24.3 Å². The van der Waals surface area contributed by atoms with Crippen LogP contribution in [0.1, 0.15) is 23.1 Å². The average molecular weight is 332 g/mol. The summed E-state index contributed by atoms with van der Waals surface area (Å²) in [5.74, 6) is -0.293. The summed E-state index contributed by atoms with van der Waals surface area (Å²) < 4.78 is 22.0. The molecule has 0 aromatic heterocycles. The van der Waals surface area contributed by atoms with E-state index < -0.39 is 10.0 Å². The number of hydrogen-bond donors (Lipinski definition) is 2. The van der Waals surface area contributed by atoms with E-state index in [9.17, 15) is 13.2 Å². The molecular formula is C17H20N2O3S. The van der Waals surface area contributed by atoms with Gasteiger partial charge in [0, 0.05) is 12.1 Å². The topological polar surface area (TPSA) is 89.3 Å². The molecule has 2 aromatic carbocycles. The summed E-state index contributed by atoms with van der Waals surface area (Å²) in [6.45, 7) is 2.02. The van der Waals surface area contributed by atoms with Crippen molar-refractivity contribution in [1.82, 2.24) is 0 Å². The zero-order valence-electron chi connectivity index (χ0n) is 13.0. The van der Waals surface area contributed by atoms with Gasteiger partial charge < -0.3 is 5.32 Å². The SMILES string of the molecule is Cc1ccc(CCC(=O)Nc2ccc(CS(N)(=O)=O)cc2)cc1. The van der Waals surface area contributed by atoms with Crippen LogP contribution in [0.15, 0.2) is 48.5 Å². The van der Waals surface area contributed by atoms with Gasteiger partial charge in [0.25, 0.3) is 0 Å². The summed E-state index contributed by atoms with van der Waals surface area (Å²) in [4.78, 5) is 11.9. The van der Waals surface area contributed by atoms with Crippen molar-refractivity contribution >= 4 is 21.6 Å². The Balaban J connectivity index is 1.86. The highest BCUT2D eigenvalue weighted by Gasteiger charge is 2.06. The molecule has 3 N–H and O–H groups in total. The smallest absolute Gasteiger partial charge is 0.224 e. The fraction of sp³-hybridized carbons (Fsp3) is 0.235. The first kappa shape index (κ1) is 17.2. The molecule has 0 fully saturated rings. The van der Waals surface area contributed by atoms with E-state index in [4.69, 9.17) is 5.14 Å². The highest BCUT2D eigenvalue weighted by atomic mass is 32.2. The number of nitrogens with one attached hydrogen (secondary N) is 1. The number of rotatable bonds is 6. The van der Waals surface area contributed by atoms with Gasteiger partial charge in [-0.05, 0) is 36.6 Å². The van der Waals surface area contributed by atoms with Crippen molar-refractivity contribution in [3.8, 4) is 0 Å². The Kier molecular flexibility index (Phi) is 5.52. The second kappa shape index (κ2) is 7.39. The number of nitrogens with two attached hydrogens (primary N) is 1. The molecule has 0 aliphatic carbocycles. The fourth-order valence-electron chi connectivity index (χ4n) is 2.15. The number of amides is 1. The van der Waals surface area contributed by atoms with Crippen LogP contribution in [-0.2, 0) is 27.0 Å². The first-order chi connectivity index (χ1) is 10.8. The first-order valence-electron chi connectivity index (χ1n) is 7.27. The van der Waals surface area contributed by atoms with E-state index in [0.717, 1.165) is 5.56 Å². The highest BCUT2D eigenvalue weighted by molar-refractivity contribution is 7.88. The van der Waals surface area contributed by atoms with Crippen LogP contribution in [0, 0.1) is 6.92 Å². The highest BCUT2D eigenvalue weighted by Crippen LogP contribution is 2.12. The number of aryl methyl sites for hydroxylation is 2. The molecule has 0 saturated heterocycles. The lowest BCUT2D eigenvalue weighted by molar-refractivity contribution is -0.116. The largest absolute Gasteiger partial charge is 0.326 e. The third-order valence-corrected chi connectivity index (χ3v) is 4.10. The molecule has 0 unspecified atom stereocenters. The molecule has 0 bridgehead atoms. The lowest BCUT2D eigenvalue weighted by Gasteiger charge is -2.07. The quantitative estimate of drug-likeness (QED) is 0.851. The molecular weight excluding hydrogens is 312 g/mol. The van der Waals surface area contributed by atoms with Crippen molar-refractivity contribution in [3.05, 3.63) is 65.2 Å². The predicted octanol–water partition coefficient (Wildman–Crippen LogP) is 2.35. The summed E-state index contributed by atoms with van der Waals surface area (Å²) in [7, 11) is -3.54. The summed E-state index contributed by atoms with van der Waals surface area (Å²) >= 11 is 0. The van der Waals surface area contributed by atoms with Crippen LogP contribution in [0.3, 0.4) is 0 Å². The molecule has 5 nitrogen and oxygen atoms in total. The van der Waals surface area contributed by atoms with Crippen LogP contribution in [-0.4, -0.2) is 14.3 Å². The molecule has 23 heavy (non-hydrogen) atoms. The van der Waals surface area contributed by atoms with Crippen molar-refractivity contribution in [2.75, 3.05) is 5.32 Å². The summed E-state index contributed by atoms with van der Waals surface area (Å²) in [6.07, 6.45) is 1.07. The van der Waals surface area contributed by atoms with Gasteiger partial charge in [-0.2, -0.15) is 0 Å². The van der Waals surface area contributed by atoms with Crippen molar-refractivity contribution in [3.63, 3.8) is 0 Å². The third-order valence-electron chi connectivity index (χ3n) is 3.37. The van der Waals surface area contributed by atoms with Crippen LogP contribution in [0.25, 0.3) is 0 Å². The molecule has 0 atom stereocenters. The molecule has 1 amide bonds. The van der Waals surface area contributed by atoms with Gasteiger partial charge in [-0.1, -0.05) is 42.0 Å². The van der Waals surface area contributed by atoms with Gasteiger partial charge >= 0.3 is 0 Å². The Morgan fingerprint density at radius 3 is 2.13 bits per heavy atom. The number of carbonyl (C=O) groups is 1. The molecule has 0 aliphatic rings. The molecule has 122 valence electrons. The summed E-state index contributed by atoms with van der Waals surface area (Å²) in [6, 6.07) is 14.7. The monoisotopic (exact) mass is 332 g/mol. The third kappa shape index (κ3) is 6.22. The van der Waals surface area contributed by atoms with Crippen LogP contribution < -0.4 is 10.5 Å². The molecule has 0 aliphatic heterocycles. The predicted molar refractivity (Wildman–Crippen MR) is 91.4 cm³/mol. The zero-order valence-corrected chi connectivity index (χ0v) is 13.8.